The number of Topliss-reactive ketones (excluding diaryl/α,β-unsaturated/α-hetero) is 1. The van der Waals surface area contributed by atoms with Gasteiger partial charge in [-0.1, -0.05) is 45.2 Å². The van der Waals surface area contributed by atoms with Crippen molar-refractivity contribution in [3.8, 4) is 5.75 Å². The highest BCUT2D eigenvalue weighted by atomic mass is 79.9. The Kier molecular flexibility index (Phi) is 7.25. The third-order valence-electron chi connectivity index (χ3n) is 3.30. The standard InChI is InChI=1S/C17H15BrCl2N2O3/c18-11-2-4-12(5-3-11)25-9-15(23)16(17(21)24)22-8-10-1-6-13(19)14(20)7-10/h1-7,16,22H,8-9H2,(H2,21,24). The van der Waals surface area contributed by atoms with Gasteiger partial charge in [-0.2, -0.15) is 0 Å². The number of carbonyl (C=O) groups excluding carboxylic acids is 2. The van der Waals surface area contributed by atoms with E-state index in [0.29, 0.717) is 15.8 Å². The van der Waals surface area contributed by atoms with Crippen molar-refractivity contribution in [1.82, 2.24) is 5.32 Å². The molecule has 25 heavy (non-hydrogen) atoms. The molecular formula is C17H15BrCl2N2O3. The van der Waals surface area contributed by atoms with Crippen LogP contribution < -0.4 is 15.8 Å². The van der Waals surface area contributed by atoms with Crippen LogP contribution in [0.5, 0.6) is 5.75 Å². The van der Waals surface area contributed by atoms with Crippen LogP contribution in [0.1, 0.15) is 5.56 Å². The molecule has 1 unspecified atom stereocenters. The number of ketones is 1. The molecule has 3 N–H and O–H groups in total. The minimum absolute atomic E-state index is 0.231. The minimum atomic E-state index is -1.16. The maximum Gasteiger partial charge on any atom is 0.242 e. The van der Waals surface area contributed by atoms with E-state index in [1.165, 1.54) is 0 Å². The number of benzene rings is 2. The highest BCUT2D eigenvalue weighted by Gasteiger charge is 2.24. The molecule has 0 aromatic heterocycles. The lowest BCUT2D eigenvalue weighted by atomic mass is 10.1. The van der Waals surface area contributed by atoms with Crippen molar-refractivity contribution < 1.29 is 14.3 Å². The summed E-state index contributed by atoms with van der Waals surface area (Å²) >= 11 is 15.1. The zero-order valence-electron chi connectivity index (χ0n) is 13.0. The number of nitrogens with one attached hydrogen (secondary N) is 1. The van der Waals surface area contributed by atoms with Crippen LogP contribution in [0.4, 0.5) is 0 Å². The summed E-state index contributed by atoms with van der Waals surface area (Å²) in [5.74, 6) is -0.718. The second kappa shape index (κ2) is 9.20. The van der Waals surface area contributed by atoms with E-state index in [1.807, 2.05) is 0 Å². The zero-order chi connectivity index (χ0) is 18.4. The molecule has 2 aromatic rings. The van der Waals surface area contributed by atoms with Crippen molar-refractivity contribution in [3.05, 3.63) is 62.5 Å². The van der Waals surface area contributed by atoms with Crippen LogP contribution in [0.3, 0.4) is 0 Å². The molecule has 0 fully saturated rings. The molecule has 2 aromatic carbocycles. The number of halogens is 3. The fraction of sp³-hybridized carbons (Fsp3) is 0.176. The van der Waals surface area contributed by atoms with Crippen molar-refractivity contribution in [2.75, 3.05) is 6.61 Å². The minimum Gasteiger partial charge on any atom is -0.486 e. The van der Waals surface area contributed by atoms with Gasteiger partial charge in [-0.25, -0.2) is 0 Å². The Morgan fingerprint density at radius 2 is 1.80 bits per heavy atom. The first-order chi connectivity index (χ1) is 11.9. The van der Waals surface area contributed by atoms with Gasteiger partial charge in [-0.15, -0.1) is 0 Å². The number of amides is 1. The first-order valence-electron chi connectivity index (χ1n) is 7.24. The lowest BCUT2D eigenvalue weighted by Gasteiger charge is -2.15. The smallest absolute Gasteiger partial charge is 0.242 e. The van der Waals surface area contributed by atoms with Crippen LogP contribution in [-0.2, 0) is 16.1 Å². The Hall–Kier alpha value is -1.60. The predicted molar refractivity (Wildman–Crippen MR) is 101 cm³/mol. The number of rotatable bonds is 8. The Morgan fingerprint density at radius 1 is 1.12 bits per heavy atom. The van der Waals surface area contributed by atoms with Gasteiger partial charge in [0.25, 0.3) is 0 Å². The molecule has 5 nitrogen and oxygen atoms in total. The molecule has 0 aliphatic carbocycles. The van der Waals surface area contributed by atoms with Gasteiger partial charge >= 0.3 is 0 Å². The molecule has 0 saturated heterocycles. The molecule has 132 valence electrons. The third kappa shape index (κ3) is 6.01. The lowest BCUT2D eigenvalue weighted by Crippen LogP contribution is -2.48. The second-order valence-electron chi connectivity index (χ2n) is 5.17. The first kappa shape index (κ1) is 19.7. The summed E-state index contributed by atoms with van der Waals surface area (Å²) in [5.41, 5.74) is 6.08. The van der Waals surface area contributed by atoms with E-state index in [4.69, 9.17) is 33.7 Å². The number of primary amides is 1. The molecule has 0 heterocycles. The van der Waals surface area contributed by atoms with Crippen LogP contribution in [-0.4, -0.2) is 24.3 Å². The summed E-state index contributed by atoms with van der Waals surface area (Å²) < 4.78 is 6.28. The van der Waals surface area contributed by atoms with Crippen LogP contribution in [0.25, 0.3) is 0 Å². The van der Waals surface area contributed by atoms with Crippen molar-refractivity contribution in [1.29, 1.82) is 0 Å². The molecule has 1 atom stereocenters. The largest absolute Gasteiger partial charge is 0.486 e. The number of ether oxygens (including phenoxy) is 1. The van der Waals surface area contributed by atoms with Crippen molar-refractivity contribution in [3.63, 3.8) is 0 Å². The normalized spacial score (nSPS) is 11.8. The summed E-state index contributed by atoms with van der Waals surface area (Å²) in [5, 5.41) is 3.63. The summed E-state index contributed by atoms with van der Waals surface area (Å²) in [4.78, 5) is 23.8. The van der Waals surface area contributed by atoms with Crippen molar-refractivity contribution in [2.45, 2.75) is 12.6 Å². The molecule has 0 saturated carbocycles. The molecule has 0 radical (unpaired) electrons. The SMILES string of the molecule is NC(=O)C(NCc1ccc(Cl)c(Cl)c1)C(=O)COc1ccc(Br)cc1. The van der Waals surface area contributed by atoms with Gasteiger partial charge in [-0.3, -0.25) is 14.9 Å². The van der Waals surface area contributed by atoms with E-state index in [1.54, 1.807) is 42.5 Å². The van der Waals surface area contributed by atoms with E-state index in [0.717, 1.165) is 10.0 Å². The van der Waals surface area contributed by atoms with Gasteiger partial charge in [0, 0.05) is 11.0 Å². The Bertz CT molecular complexity index is 769. The predicted octanol–water partition coefficient (Wildman–Crippen LogP) is 3.35. The molecule has 0 bridgehead atoms. The topological polar surface area (TPSA) is 81.4 Å². The van der Waals surface area contributed by atoms with E-state index in [2.05, 4.69) is 21.2 Å². The van der Waals surface area contributed by atoms with Gasteiger partial charge in [0.15, 0.2) is 5.78 Å². The Balaban J connectivity index is 1.94. The number of hydrogen-bond donors (Lipinski definition) is 2. The summed E-state index contributed by atoms with van der Waals surface area (Å²) in [6.07, 6.45) is 0. The van der Waals surface area contributed by atoms with E-state index in [9.17, 15) is 9.59 Å². The fourth-order valence-corrected chi connectivity index (χ4v) is 2.60. The number of carbonyl (C=O) groups is 2. The molecule has 8 heteroatoms. The summed E-state index contributed by atoms with van der Waals surface area (Å²) in [6.45, 7) is -0.0435. The molecule has 2 rings (SSSR count). The average molecular weight is 446 g/mol. The highest BCUT2D eigenvalue weighted by Crippen LogP contribution is 2.22. The van der Waals surface area contributed by atoms with E-state index in [-0.39, 0.29) is 13.2 Å². The number of hydrogen-bond acceptors (Lipinski definition) is 4. The maximum atomic E-state index is 12.2. The molecule has 0 aliphatic rings. The second-order valence-corrected chi connectivity index (χ2v) is 6.90. The molecule has 1 amide bonds. The van der Waals surface area contributed by atoms with E-state index < -0.39 is 17.7 Å². The third-order valence-corrected chi connectivity index (χ3v) is 4.56. The average Bonchev–Trinajstić information content (AvgIpc) is 2.57. The fourth-order valence-electron chi connectivity index (χ4n) is 2.01. The molecule has 0 spiro atoms. The lowest BCUT2D eigenvalue weighted by molar-refractivity contribution is -0.130. The van der Waals surface area contributed by atoms with Gasteiger partial charge in [0.05, 0.1) is 10.0 Å². The highest BCUT2D eigenvalue weighted by molar-refractivity contribution is 9.10. The Morgan fingerprint density at radius 3 is 2.40 bits per heavy atom. The zero-order valence-corrected chi connectivity index (χ0v) is 16.1. The van der Waals surface area contributed by atoms with Crippen LogP contribution in [0.15, 0.2) is 46.9 Å². The monoisotopic (exact) mass is 444 g/mol. The summed E-state index contributed by atoms with van der Waals surface area (Å²) in [7, 11) is 0. The van der Waals surface area contributed by atoms with Gasteiger partial charge in [0.2, 0.25) is 5.91 Å². The van der Waals surface area contributed by atoms with E-state index >= 15 is 0 Å². The Labute approximate surface area is 163 Å². The van der Waals surface area contributed by atoms with Crippen LogP contribution in [0, 0.1) is 0 Å². The van der Waals surface area contributed by atoms with Gasteiger partial charge < -0.3 is 10.5 Å². The van der Waals surface area contributed by atoms with Crippen LogP contribution in [0.2, 0.25) is 10.0 Å². The van der Waals surface area contributed by atoms with Crippen molar-refractivity contribution >= 4 is 50.8 Å². The first-order valence-corrected chi connectivity index (χ1v) is 8.79. The number of nitrogens with two attached hydrogens (primary N) is 1. The van der Waals surface area contributed by atoms with Gasteiger partial charge in [0.1, 0.15) is 18.4 Å². The summed E-state index contributed by atoms with van der Waals surface area (Å²) in [6, 6.07) is 10.9. The molecular weight excluding hydrogens is 431 g/mol. The van der Waals surface area contributed by atoms with Crippen molar-refractivity contribution in [2.24, 2.45) is 5.73 Å². The maximum absolute atomic E-state index is 12.2. The van der Waals surface area contributed by atoms with Gasteiger partial charge in [-0.05, 0) is 42.0 Å². The van der Waals surface area contributed by atoms with Crippen LogP contribution >= 0.6 is 39.1 Å². The molecule has 0 aliphatic heterocycles. The quantitative estimate of drug-likeness (QED) is 0.610.